The van der Waals surface area contributed by atoms with Gasteiger partial charge in [0.2, 0.25) is 5.95 Å². The highest BCUT2D eigenvalue weighted by atomic mass is 16.3. The molecule has 11 heteroatoms. The van der Waals surface area contributed by atoms with Crippen molar-refractivity contribution in [3.63, 3.8) is 0 Å². The van der Waals surface area contributed by atoms with E-state index in [-0.39, 0.29) is 32.7 Å². The van der Waals surface area contributed by atoms with Gasteiger partial charge in [0.05, 0.1) is 32.1 Å². The molecule has 3 heterocycles. The van der Waals surface area contributed by atoms with Crippen molar-refractivity contribution in [2.75, 3.05) is 80.8 Å². The number of piperidine rings is 1. The Bertz CT molecular complexity index is 648. The predicted molar refractivity (Wildman–Crippen MR) is 114 cm³/mol. The van der Waals surface area contributed by atoms with Crippen molar-refractivity contribution in [2.24, 2.45) is 0 Å². The molecule has 1 saturated heterocycles. The van der Waals surface area contributed by atoms with Crippen molar-refractivity contribution in [3.8, 4) is 0 Å². The quantitative estimate of drug-likeness (QED) is 0.243. The lowest BCUT2D eigenvalue weighted by atomic mass is 10.1. The van der Waals surface area contributed by atoms with E-state index in [0.717, 1.165) is 43.1 Å². The van der Waals surface area contributed by atoms with Crippen molar-refractivity contribution in [1.29, 1.82) is 0 Å². The summed E-state index contributed by atoms with van der Waals surface area (Å²) in [6.07, 6.45) is 3.17. The molecule has 170 valence electrons. The number of rotatable bonds is 11. The zero-order valence-corrected chi connectivity index (χ0v) is 17.5. The van der Waals surface area contributed by atoms with E-state index in [1.807, 2.05) is 4.90 Å². The standard InChI is InChI=1S/C19H35N7O4/c27-10-6-25(7-11-28)18-20-14-15-16(22-18)17(24-4-2-1-3-5-24)23-19(21-15)26(8-12-29)9-13-30/h18,20,22,27-30H,1-14H2. The van der Waals surface area contributed by atoms with Crippen LogP contribution in [-0.2, 0) is 6.54 Å². The third kappa shape index (κ3) is 5.48. The summed E-state index contributed by atoms with van der Waals surface area (Å²) in [5, 5.41) is 44.5. The van der Waals surface area contributed by atoms with Crippen molar-refractivity contribution in [2.45, 2.75) is 32.1 Å². The van der Waals surface area contributed by atoms with E-state index in [4.69, 9.17) is 9.97 Å². The fraction of sp³-hybridized carbons (Fsp3) is 0.789. The van der Waals surface area contributed by atoms with Gasteiger partial charge in [-0.25, -0.2) is 4.98 Å². The van der Waals surface area contributed by atoms with Crippen LogP contribution in [0.5, 0.6) is 0 Å². The molecule has 6 N–H and O–H groups in total. The van der Waals surface area contributed by atoms with E-state index in [0.29, 0.717) is 38.7 Å². The molecule has 0 radical (unpaired) electrons. The Hall–Kier alpha value is -1.76. The molecule has 1 fully saturated rings. The molecule has 0 amide bonds. The first kappa shape index (κ1) is 22.9. The third-order valence-electron chi connectivity index (χ3n) is 5.51. The van der Waals surface area contributed by atoms with Gasteiger partial charge in [0.25, 0.3) is 0 Å². The van der Waals surface area contributed by atoms with E-state index in [9.17, 15) is 20.4 Å². The lowest BCUT2D eigenvalue weighted by Crippen LogP contribution is -2.55. The van der Waals surface area contributed by atoms with Gasteiger partial charge in [0.15, 0.2) is 5.82 Å². The topological polar surface area (TPSA) is 140 Å². The molecular formula is C19H35N7O4. The van der Waals surface area contributed by atoms with Gasteiger partial charge in [0, 0.05) is 45.8 Å². The Labute approximate surface area is 177 Å². The van der Waals surface area contributed by atoms with Gasteiger partial charge < -0.3 is 35.5 Å². The minimum atomic E-state index is -0.249. The van der Waals surface area contributed by atoms with Gasteiger partial charge in [-0.3, -0.25) is 10.2 Å². The Balaban J connectivity index is 1.94. The van der Waals surface area contributed by atoms with Gasteiger partial charge >= 0.3 is 0 Å². The number of hydrogen-bond acceptors (Lipinski definition) is 11. The third-order valence-corrected chi connectivity index (χ3v) is 5.51. The lowest BCUT2D eigenvalue weighted by molar-refractivity contribution is 0.113. The molecule has 30 heavy (non-hydrogen) atoms. The number of nitrogens with one attached hydrogen (secondary N) is 2. The van der Waals surface area contributed by atoms with E-state index in [1.165, 1.54) is 6.42 Å². The molecule has 2 aliphatic rings. The molecule has 0 spiro atoms. The molecule has 1 aromatic heterocycles. The molecule has 2 aliphatic heterocycles. The van der Waals surface area contributed by atoms with Gasteiger partial charge in [-0.05, 0) is 19.3 Å². The van der Waals surface area contributed by atoms with Crippen molar-refractivity contribution in [3.05, 3.63) is 5.69 Å². The molecule has 1 atom stereocenters. The van der Waals surface area contributed by atoms with Gasteiger partial charge in [-0.15, -0.1) is 0 Å². The first-order valence-electron chi connectivity index (χ1n) is 10.8. The average molecular weight is 426 g/mol. The van der Waals surface area contributed by atoms with Crippen LogP contribution >= 0.6 is 0 Å². The Morgan fingerprint density at radius 1 is 0.867 bits per heavy atom. The van der Waals surface area contributed by atoms with Crippen LogP contribution in [0.2, 0.25) is 0 Å². The molecule has 1 unspecified atom stereocenters. The minimum absolute atomic E-state index is 0.00157. The van der Waals surface area contributed by atoms with Crippen LogP contribution in [-0.4, -0.2) is 107 Å². The number of fused-ring (bicyclic) bond motifs is 1. The Morgan fingerprint density at radius 2 is 1.50 bits per heavy atom. The monoisotopic (exact) mass is 425 g/mol. The summed E-state index contributed by atoms with van der Waals surface area (Å²) < 4.78 is 0. The van der Waals surface area contributed by atoms with Gasteiger partial charge in [-0.1, -0.05) is 0 Å². The molecule has 1 aromatic rings. The molecular weight excluding hydrogens is 390 g/mol. The summed E-state index contributed by atoms with van der Waals surface area (Å²) in [6.45, 7) is 3.80. The SMILES string of the molecule is OCCN(CCO)c1nc2c(c(N3CCCCC3)n1)NC(N(CCO)CCO)NC2. The first-order valence-corrected chi connectivity index (χ1v) is 10.8. The summed E-state index contributed by atoms with van der Waals surface area (Å²) in [5.41, 5.74) is 1.68. The number of hydrogen-bond donors (Lipinski definition) is 6. The molecule has 11 nitrogen and oxygen atoms in total. The highest BCUT2D eigenvalue weighted by Gasteiger charge is 2.29. The molecule has 0 saturated carbocycles. The summed E-state index contributed by atoms with van der Waals surface area (Å²) in [6, 6.07) is 0. The van der Waals surface area contributed by atoms with Crippen LogP contribution < -0.4 is 20.4 Å². The number of aliphatic hydroxyl groups is 4. The predicted octanol–water partition coefficient (Wildman–Crippen LogP) is -1.66. The maximum absolute atomic E-state index is 9.42. The Morgan fingerprint density at radius 3 is 2.10 bits per heavy atom. The van der Waals surface area contributed by atoms with Crippen LogP contribution in [0.1, 0.15) is 25.0 Å². The zero-order chi connectivity index (χ0) is 21.3. The second-order valence-corrected chi connectivity index (χ2v) is 7.56. The largest absolute Gasteiger partial charge is 0.395 e. The number of nitrogens with zero attached hydrogens (tertiary/aromatic N) is 5. The minimum Gasteiger partial charge on any atom is -0.395 e. The molecule has 0 aromatic carbocycles. The van der Waals surface area contributed by atoms with Gasteiger partial charge in [-0.2, -0.15) is 4.98 Å². The van der Waals surface area contributed by atoms with Crippen molar-refractivity contribution < 1.29 is 20.4 Å². The smallest absolute Gasteiger partial charge is 0.227 e. The summed E-state index contributed by atoms with van der Waals surface area (Å²) in [7, 11) is 0. The fourth-order valence-corrected chi connectivity index (χ4v) is 4.01. The van der Waals surface area contributed by atoms with Crippen molar-refractivity contribution >= 4 is 17.5 Å². The van der Waals surface area contributed by atoms with E-state index < -0.39 is 0 Å². The second-order valence-electron chi connectivity index (χ2n) is 7.56. The number of aromatic nitrogens is 2. The molecule has 0 aliphatic carbocycles. The van der Waals surface area contributed by atoms with E-state index >= 15 is 0 Å². The summed E-state index contributed by atoms with van der Waals surface area (Å²) >= 11 is 0. The lowest BCUT2D eigenvalue weighted by Gasteiger charge is -2.39. The highest BCUT2D eigenvalue weighted by molar-refractivity contribution is 5.71. The molecule has 0 bridgehead atoms. The first-order chi connectivity index (χ1) is 14.7. The zero-order valence-electron chi connectivity index (χ0n) is 17.5. The number of anilines is 3. The van der Waals surface area contributed by atoms with E-state index in [2.05, 4.69) is 15.5 Å². The highest BCUT2D eigenvalue weighted by Crippen LogP contribution is 2.33. The molecule has 3 rings (SSSR count). The average Bonchev–Trinajstić information content (AvgIpc) is 2.78. The summed E-state index contributed by atoms with van der Waals surface area (Å²) in [5.74, 6) is 1.33. The van der Waals surface area contributed by atoms with E-state index in [1.54, 1.807) is 4.90 Å². The normalized spacial score (nSPS) is 19.0. The maximum Gasteiger partial charge on any atom is 0.227 e. The number of aliphatic hydroxyl groups excluding tert-OH is 4. The fourth-order valence-electron chi connectivity index (χ4n) is 4.01. The van der Waals surface area contributed by atoms with Crippen LogP contribution in [0.15, 0.2) is 0 Å². The second kappa shape index (κ2) is 11.6. The van der Waals surface area contributed by atoms with Crippen LogP contribution in [0.3, 0.4) is 0 Å². The van der Waals surface area contributed by atoms with Crippen LogP contribution in [0, 0.1) is 0 Å². The van der Waals surface area contributed by atoms with Crippen LogP contribution in [0.25, 0.3) is 0 Å². The Kier molecular flexibility index (Phi) is 8.85. The maximum atomic E-state index is 9.42. The summed E-state index contributed by atoms with van der Waals surface area (Å²) in [4.78, 5) is 15.6. The van der Waals surface area contributed by atoms with Crippen LogP contribution in [0.4, 0.5) is 17.5 Å². The van der Waals surface area contributed by atoms with Gasteiger partial charge in [0.1, 0.15) is 12.0 Å². The van der Waals surface area contributed by atoms with Crippen molar-refractivity contribution in [1.82, 2.24) is 20.2 Å².